The van der Waals surface area contributed by atoms with Gasteiger partial charge in [-0.1, -0.05) is 6.08 Å². The van der Waals surface area contributed by atoms with Gasteiger partial charge in [-0.3, -0.25) is 4.79 Å². The summed E-state index contributed by atoms with van der Waals surface area (Å²) in [6.07, 6.45) is 1.75. The van der Waals surface area contributed by atoms with E-state index in [0.29, 0.717) is 32.1 Å². The van der Waals surface area contributed by atoms with E-state index in [0.717, 1.165) is 11.6 Å². The number of guanidine groups is 1. The first kappa shape index (κ1) is 19.7. The van der Waals surface area contributed by atoms with Crippen LogP contribution < -0.4 is 16.0 Å². The van der Waals surface area contributed by atoms with E-state index in [-0.39, 0.29) is 5.91 Å². The molecule has 3 N–H and O–H groups in total. The number of aromatic nitrogens is 3. The highest BCUT2D eigenvalue weighted by atomic mass is 16.2. The smallest absolute Gasteiger partial charge is 0.227 e. The van der Waals surface area contributed by atoms with E-state index in [1.807, 2.05) is 39.3 Å². The average Bonchev–Trinajstić information content (AvgIpc) is 2.86. The Morgan fingerprint density at radius 3 is 2.58 bits per heavy atom. The van der Waals surface area contributed by atoms with Gasteiger partial charge in [0.05, 0.1) is 5.41 Å². The first-order valence-electron chi connectivity index (χ1n) is 8.08. The van der Waals surface area contributed by atoms with Crippen LogP contribution >= 0.6 is 0 Å². The highest BCUT2D eigenvalue weighted by molar-refractivity contribution is 5.84. The Balaban J connectivity index is 2.74. The van der Waals surface area contributed by atoms with Crippen LogP contribution in [-0.2, 0) is 18.4 Å². The number of rotatable bonds is 8. The second-order valence-electron chi connectivity index (χ2n) is 6.15. The van der Waals surface area contributed by atoms with Gasteiger partial charge in [-0.25, -0.2) is 4.99 Å². The lowest BCUT2D eigenvalue weighted by atomic mass is 9.92. The molecule has 24 heavy (non-hydrogen) atoms. The van der Waals surface area contributed by atoms with E-state index in [9.17, 15) is 4.79 Å². The predicted octanol–water partition coefficient (Wildman–Crippen LogP) is 0.507. The quantitative estimate of drug-likeness (QED) is 0.365. The standard InChI is InChI=1S/C16H29N7O/c1-7-9-18-15(19-10-13-22-21-12(3)23(13)6)20-11-16(4,5)14(24)17-8-2/h7H,1,8-11H2,2-6H3,(H,17,24)(H2,18,19,20). The lowest BCUT2D eigenvalue weighted by Crippen LogP contribution is -2.48. The fourth-order valence-electron chi connectivity index (χ4n) is 1.87. The Hall–Kier alpha value is -2.38. The summed E-state index contributed by atoms with van der Waals surface area (Å²) >= 11 is 0. The van der Waals surface area contributed by atoms with E-state index in [4.69, 9.17) is 0 Å². The maximum atomic E-state index is 12.1. The van der Waals surface area contributed by atoms with Crippen molar-refractivity contribution in [3.8, 4) is 0 Å². The zero-order valence-electron chi connectivity index (χ0n) is 15.3. The van der Waals surface area contributed by atoms with Crippen molar-refractivity contribution in [3.63, 3.8) is 0 Å². The van der Waals surface area contributed by atoms with Crippen molar-refractivity contribution in [2.45, 2.75) is 34.2 Å². The molecule has 0 radical (unpaired) electrons. The summed E-state index contributed by atoms with van der Waals surface area (Å²) in [6.45, 7) is 13.3. The molecule has 1 amide bonds. The Bertz CT molecular complexity index is 589. The van der Waals surface area contributed by atoms with Gasteiger partial charge in [0.25, 0.3) is 0 Å². The largest absolute Gasteiger partial charge is 0.356 e. The minimum Gasteiger partial charge on any atom is -0.356 e. The van der Waals surface area contributed by atoms with Crippen LogP contribution in [0.15, 0.2) is 17.6 Å². The summed E-state index contributed by atoms with van der Waals surface area (Å²) in [7, 11) is 1.91. The number of amides is 1. The summed E-state index contributed by atoms with van der Waals surface area (Å²) in [5.41, 5.74) is -0.548. The molecule has 0 aromatic carbocycles. The summed E-state index contributed by atoms with van der Waals surface area (Å²) < 4.78 is 1.90. The van der Waals surface area contributed by atoms with Crippen molar-refractivity contribution in [2.24, 2.45) is 17.5 Å². The first-order valence-corrected chi connectivity index (χ1v) is 8.08. The Morgan fingerprint density at radius 2 is 2.04 bits per heavy atom. The molecule has 0 fully saturated rings. The molecule has 0 atom stereocenters. The third-order valence-electron chi connectivity index (χ3n) is 3.62. The van der Waals surface area contributed by atoms with Crippen molar-refractivity contribution in [2.75, 3.05) is 19.6 Å². The highest BCUT2D eigenvalue weighted by Crippen LogP contribution is 2.13. The molecule has 0 aliphatic heterocycles. The molecule has 1 aromatic rings. The summed E-state index contributed by atoms with van der Waals surface area (Å²) in [4.78, 5) is 16.6. The molecule has 134 valence electrons. The van der Waals surface area contributed by atoms with Crippen LogP contribution in [-0.4, -0.2) is 46.3 Å². The number of carbonyl (C=O) groups is 1. The van der Waals surface area contributed by atoms with Gasteiger partial charge >= 0.3 is 0 Å². The number of nitrogens with zero attached hydrogens (tertiary/aromatic N) is 4. The van der Waals surface area contributed by atoms with Crippen molar-refractivity contribution in [3.05, 3.63) is 24.3 Å². The molecule has 8 heteroatoms. The van der Waals surface area contributed by atoms with Crippen molar-refractivity contribution in [1.29, 1.82) is 0 Å². The SMILES string of the molecule is C=CCNC(=NCc1nnc(C)n1C)NCC(C)(C)C(=O)NCC. The number of carbonyl (C=O) groups excluding carboxylic acids is 1. The monoisotopic (exact) mass is 335 g/mol. The maximum Gasteiger partial charge on any atom is 0.227 e. The number of aryl methyl sites for hydroxylation is 1. The minimum atomic E-state index is -0.548. The van der Waals surface area contributed by atoms with Gasteiger partial charge in [0.2, 0.25) is 5.91 Å². The third-order valence-corrected chi connectivity index (χ3v) is 3.62. The second kappa shape index (κ2) is 9.05. The molecule has 0 saturated carbocycles. The second-order valence-corrected chi connectivity index (χ2v) is 6.15. The molecular formula is C16H29N7O. The van der Waals surface area contributed by atoms with Crippen LogP contribution in [0.1, 0.15) is 32.4 Å². The van der Waals surface area contributed by atoms with E-state index in [1.165, 1.54) is 0 Å². The number of aliphatic imine (C=N–C) groups is 1. The number of hydrogen-bond donors (Lipinski definition) is 3. The van der Waals surface area contributed by atoms with E-state index in [2.05, 4.69) is 37.7 Å². The summed E-state index contributed by atoms with van der Waals surface area (Å²) in [6, 6.07) is 0. The lowest BCUT2D eigenvalue weighted by Gasteiger charge is -2.24. The van der Waals surface area contributed by atoms with Crippen LogP contribution in [0, 0.1) is 12.3 Å². The van der Waals surface area contributed by atoms with Gasteiger partial charge in [-0.05, 0) is 27.7 Å². The van der Waals surface area contributed by atoms with Crippen LogP contribution in [0.5, 0.6) is 0 Å². The summed E-state index contributed by atoms with van der Waals surface area (Å²) in [5, 5.41) is 17.3. The minimum absolute atomic E-state index is 0.00416. The van der Waals surface area contributed by atoms with Gasteiger partial charge in [0.15, 0.2) is 11.8 Å². The topological polar surface area (TPSA) is 96.2 Å². The Labute approximate surface area is 143 Å². The number of hydrogen-bond acceptors (Lipinski definition) is 4. The fourth-order valence-corrected chi connectivity index (χ4v) is 1.87. The van der Waals surface area contributed by atoms with Crippen molar-refractivity contribution in [1.82, 2.24) is 30.7 Å². The van der Waals surface area contributed by atoms with Crippen LogP contribution in [0.3, 0.4) is 0 Å². The van der Waals surface area contributed by atoms with E-state index < -0.39 is 5.41 Å². The first-order chi connectivity index (χ1) is 11.3. The zero-order valence-corrected chi connectivity index (χ0v) is 15.3. The van der Waals surface area contributed by atoms with Crippen LogP contribution in [0.2, 0.25) is 0 Å². The third kappa shape index (κ3) is 5.68. The molecule has 8 nitrogen and oxygen atoms in total. The van der Waals surface area contributed by atoms with E-state index >= 15 is 0 Å². The average molecular weight is 335 g/mol. The molecule has 1 rings (SSSR count). The highest BCUT2D eigenvalue weighted by Gasteiger charge is 2.27. The van der Waals surface area contributed by atoms with Gasteiger partial charge in [-0.2, -0.15) is 0 Å². The molecule has 0 unspecified atom stereocenters. The molecule has 0 aliphatic rings. The normalized spacial score (nSPS) is 12.0. The van der Waals surface area contributed by atoms with Gasteiger partial charge in [-0.15, -0.1) is 16.8 Å². The number of nitrogens with one attached hydrogen (secondary N) is 3. The van der Waals surface area contributed by atoms with Crippen LogP contribution in [0.25, 0.3) is 0 Å². The Kier molecular flexibility index (Phi) is 7.41. The molecule has 1 aromatic heterocycles. The molecule has 0 saturated heterocycles. The zero-order chi connectivity index (χ0) is 18.2. The molecule has 1 heterocycles. The Morgan fingerprint density at radius 1 is 1.33 bits per heavy atom. The lowest BCUT2D eigenvalue weighted by molar-refractivity contribution is -0.128. The molecular weight excluding hydrogens is 306 g/mol. The summed E-state index contributed by atoms with van der Waals surface area (Å²) in [5.74, 6) is 2.22. The predicted molar refractivity (Wildman–Crippen MR) is 95.5 cm³/mol. The van der Waals surface area contributed by atoms with Crippen molar-refractivity contribution >= 4 is 11.9 Å². The van der Waals surface area contributed by atoms with Gasteiger partial charge in [0, 0.05) is 26.7 Å². The maximum absolute atomic E-state index is 12.1. The van der Waals surface area contributed by atoms with Gasteiger partial charge < -0.3 is 20.5 Å². The molecule has 0 bridgehead atoms. The van der Waals surface area contributed by atoms with Crippen LogP contribution in [0.4, 0.5) is 0 Å². The molecule has 0 spiro atoms. The fraction of sp³-hybridized carbons (Fsp3) is 0.625. The van der Waals surface area contributed by atoms with Crippen molar-refractivity contribution < 1.29 is 4.79 Å². The van der Waals surface area contributed by atoms with E-state index in [1.54, 1.807) is 6.08 Å². The van der Waals surface area contributed by atoms with Gasteiger partial charge in [0.1, 0.15) is 12.4 Å². The molecule has 0 aliphatic carbocycles.